The second-order valence-corrected chi connectivity index (χ2v) is 7.01. The summed E-state index contributed by atoms with van der Waals surface area (Å²) in [6.45, 7) is 0. The highest BCUT2D eigenvalue weighted by Gasteiger charge is 2.33. The zero-order chi connectivity index (χ0) is 19.7. The number of aromatic nitrogens is 2. The largest absolute Gasteiger partial charge is 0.418 e. The fourth-order valence-electron chi connectivity index (χ4n) is 2.93. The Morgan fingerprint density at radius 1 is 0.821 bits per heavy atom. The number of nitrogens with one attached hydrogen (secondary N) is 1. The molecule has 0 unspecified atom stereocenters. The molecule has 28 heavy (non-hydrogen) atoms. The summed E-state index contributed by atoms with van der Waals surface area (Å²) in [6.07, 6.45) is -4.48. The standard InChI is InChI=1S/C21H13BrF3N3/c22-14-10-11-17-15(12-14)19(13-6-2-1-3-7-13)28-20(26-17)27-18-9-5-4-8-16(18)21(23,24)25/h1-12H,(H,26,27,28). The van der Waals surface area contributed by atoms with E-state index in [0.717, 1.165) is 21.5 Å². The number of fused-ring (bicyclic) bond motifs is 1. The first-order chi connectivity index (χ1) is 13.4. The maximum Gasteiger partial charge on any atom is 0.418 e. The van der Waals surface area contributed by atoms with E-state index < -0.39 is 11.7 Å². The first-order valence-electron chi connectivity index (χ1n) is 8.38. The topological polar surface area (TPSA) is 37.8 Å². The number of para-hydroxylation sites is 1. The summed E-state index contributed by atoms with van der Waals surface area (Å²) in [5.74, 6) is 0.102. The number of hydrogen-bond acceptors (Lipinski definition) is 3. The lowest BCUT2D eigenvalue weighted by Gasteiger charge is -2.15. The molecule has 0 fully saturated rings. The Morgan fingerprint density at radius 2 is 1.54 bits per heavy atom. The lowest BCUT2D eigenvalue weighted by Crippen LogP contribution is -2.09. The molecule has 140 valence electrons. The summed E-state index contributed by atoms with van der Waals surface area (Å²) in [6, 6.07) is 20.3. The van der Waals surface area contributed by atoms with Crippen molar-refractivity contribution in [2.45, 2.75) is 6.18 Å². The molecule has 3 aromatic carbocycles. The predicted octanol–water partition coefficient (Wildman–Crippen LogP) is 6.82. The normalized spacial score (nSPS) is 11.6. The van der Waals surface area contributed by atoms with Crippen molar-refractivity contribution in [3.05, 3.63) is 82.8 Å². The van der Waals surface area contributed by atoms with Crippen LogP contribution >= 0.6 is 15.9 Å². The number of rotatable bonds is 3. The van der Waals surface area contributed by atoms with Gasteiger partial charge in [-0.1, -0.05) is 58.4 Å². The van der Waals surface area contributed by atoms with Gasteiger partial charge in [0.05, 0.1) is 22.5 Å². The van der Waals surface area contributed by atoms with Crippen molar-refractivity contribution in [3.8, 4) is 11.3 Å². The maximum absolute atomic E-state index is 13.3. The molecule has 1 aromatic heterocycles. The van der Waals surface area contributed by atoms with Gasteiger partial charge in [0.15, 0.2) is 0 Å². The number of benzene rings is 3. The van der Waals surface area contributed by atoms with Gasteiger partial charge < -0.3 is 5.32 Å². The van der Waals surface area contributed by atoms with E-state index in [1.165, 1.54) is 18.2 Å². The minimum Gasteiger partial charge on any atom is -0.324 e. The fraction of sp³-hybridized carbons (Fsp3) is 0.0476. The second-order valence-electron chi connectivity index (χ2n) is 6.09. The van der Waals surface area contributed by atoms with E-state index in [9.17, 15) is 13.2 Å². The van der Waals surface area contributed by atoms with Crippen LogP contribution in [0.2, 0.25) is 0 Å². The molecular weight excluding hydrogens is 431 g/mol. The third kappa shape index (κ3) is 3.71. The number of halogens is 4. The highest BCUT2D eigenvalue weighted by Crippen LogP contribution is 2.36. The molecule has 0 radical (unpaired) electrons. The Kier molecular flexibility index (Phi) is 4.77. The summed E-state index contributed by atoms with van der Waals surface area (Å²) in [7, 11) is 0. The van der Waals surface area contributed by atoms with Crippen LogP contribution in [0.15, 0.2) is 77.3 Å². The van der Waals surface area contributed by atoms with Crippen molar-refractivity contribution in [2.75, 3.05) is 5.32 Å². The summed E-state index contributed by atoms with van der Waals surface area (Å²) in [5, 5.41) is 3.54. The predicted molar refractivity (Wildman–Crippen MR) is 107 cm³/mol. The van der Waals surface area contributed by atoms with Gasteiger partial charge in [0.1, 0.15) is 0 Å². The number of nitrogens with zero attached hydrogens (tertiary/aromatic N) is 2. The molecule has 0 aliphatic heterocycles. The van der Waals surface area contributed by atoms with Crippen molar-refractivity contribution in [2.24, 2.45) is 0 Å². The van der Waals surface area contributed by atoms with Crippen LogP contribution < -0.4 is 5.32 Å². The van der Waals surface area contributed by atoms with E-state index in [1.807, 2.05) is 42.5 Å². The molecule has 3 nitrogen and oxygen atoms in total. The van der Waals surface area contributed by atoms with Crippen LogP contribution in [-0.4, -0.2) is 9.97 Å². The van der Waals surface area contributed by atoms with Gasteiger partial charge >= 0.3 is 6.18 Å². The van der Waals surface area contributed by atoms with Gasteiger partial charge in [0.2, 0.25) is 5.95 Å². The van der Waals surface area contributed by atoms with Crippen molar-refractivity contribution >= 4 is 38.5 Å². The van der Waals surface area contributed by atoms with Gasteiger partial charge in [-0.15, -0.1) is 0 Å². The van der Waals surface area contributed by atoms with Crippen molar-refractivity contribution in [1.82, 2.24) is 9.97 Å². The Morgan fingerprint density at radius 3 is 2.29 bits per heavy atom. The second kappa shape index (κ2) is 7.24. The molecule has 0 atom stereocenters. The maximum atomic E-state index is 13.3. The van der Waals surface area contributed by atoms with Crippen LogP contribution in [0, 0.1) is 0 Å². The third-order valence-corrected chi connectivity index (χ3v) is 4.68. The Balaban J connectivity index is 1.87. The molecule has 0 spiro atoms. The van der Waals surface area contributed by atoms with E-state index >= 15 is 0 Å². The van der Waals surface area contributed by atoms with E-state index in [0.29, 0.717) is 11.2 Å². The van der Waals surface area contributed by atoms with Gasteiger partial charge in [-0.2, -0.15) is 13.2 Å². The van der Waals surface area contributed by atoms with Gasteiger partial charge in [-0.25, -0.2) is 9.97 Å². The number of alkyl halides is 3. The molecule has 0 aliphatic rings. The van der Waals surface area contributed by atoms with Crippen molar-refractivity contribution < 1.29 is 13.2 Å². The Hall–Kier alpha value is -2.93. The van der Waals surface area contributed by atoms with E-state index in [1.54, 1.807) is 6.07 Å². The summed E-state index contributed by atoms with van der Waals surface area (Å²) in [4.78, 5) is 8.93. The molecule has 7 heteroatoms. The zero-order valence-corrected chi connectivity index (χ0v) is 15.9. The molecule has 4 aromatic rings. The molecule has 0 saturated carbocycles. The quantitative estimate of drug-likeness (QED) is 0.377. The first-order valence-corrected chi connectivity index (χ1v) is 9.17. The highest BCUT2D eigenvalue weighted by atomic mass is 79.9. The lowest BCUT2D eigenvalue weighted by atomic mass is 10.1. The Labute approximate surface area is 167 Å². The molecule has 1 heterocycles. The minimum absolute atomic E-state index is 0.0922. The molecule has 1 N–H and O–H groups in total. The van der Waals surface area contributed by atoms with Gasteiger partial charge in [0.25, 0.3) is 0 Å². The number of hydrogen-bond donors (Lipinski definition) is 1. The van der Waals surface area contributed by atoms with Crippen LogP contribution in [-0.2, 0) is 6.18 Å². The molecule has 4 rings (SSSR count). The van der Waals surface area contributed by atoms with Crippen LogP contribution in [0.25, 0.3) is 22.2 Å². The van der Waals surface area contributed by atoms with E-state index in [2.05, 4.69) is 31.2 Å². The van der Waals surface area contributed by atoms with Crippen LogP contribution in [0.3, 0.4) is 0 Å². The van der Waals surface area contributed by atoms with Crippen molar-refractivity contribution in [1.29, 1.82) is 0 Å². The van der Waals surface area contributed by atoms with Gasteiger partial charge in [-0.3, -0.25) is 0 Å². The van der Waals surface area contributed by atoms with Gasteiger partial charge in [0, 0.05) is 15.4 Å². The van der Waals surface area contributed by atoms with E-state index in [-0.39, 0.29) is 11.6 Å². The third-order valence-electron chi connectivity index (χ3n) is 4.18. The van der Waals surface area contributed by atoms with Gasteiger partial charge in [-0.05, 0) is 30.3 Å². The first kappa shape index (κ1) is 18.4. The average Bonchev–Trinajstić information content (AvgIpc) is 2.68. The van der Waals surface area contributed by atoms with E-state index in [4.69, 9.17) is 0 Å². The molecule has 0 saturated heterocycles. The summed E-state index contributed by atoms with van der Waals surface area (Å²) in [5.41, 5.74) is 1.25. The monoisotopic (exact) mass is 443 g/mol. The van der Waals surface area contributed by atoms with Crippen LogP contribution in [0.4, 0.5) is 24.8 Å². The molecule has 0 amide bonds. The molecule has 0 aliphatic carbocycles. The average molecular weight is 444 g/mol. The minimum atomic E-state index is -4.48. The Bertz CT molecular complexity index is 1140. The van der Waals surface area contributed by atoms with Crippen LogP contribution in [0.1, 0.15) is 5.56 Å². The summed E-state index contributed by atoms with van der Waals surface area (Å²) >= 11 is 3.45. The smallest absolute Gasteiger partial charge is 0.324 e. The van der Waals surface area contributed by atoms with Crippen LogP contribution in [0.5, 0.6) is 0 Å². The molecular formula is C21H13BrF3N3. The highest BCUT2D eigenvalue weighted by molar-refractivity contribution is 9.10. The SMILES string of the molecule is FC(F)(F)c1ccccc1Nc1nc(-c2ccccc2)c2cc(Br)ccc2n1. The molecule has 0 bridgehead atoms. The lowest BCUT2D eigenvalue weighted by molar-refractivity contribution is -0.136. The fourth-order valence-corrected chi connectivity index (χ4v) is 3.29. The zero-order valence-electron chi connectivity index (χ0n) is 14.3. The van der Waals surface area contributed by atoms with Crippen molar-refractivity contribution in [3.63, 3.8) is 0 Å². The number of anilines is 2. The summed E-state index contributed by atoms with van der Waals surface area (Å²) < 4.78 is 40.8.